The number of quaternary nitrogens is 1. The van der Waals surface area contributed by atoms with Gasteiger partial charge in [-0.15, -0.1) is 6.58 Å². The number of hydrogen-bond donors (Lipinski definition) is 2. The van der Waals surface area contributed by atoms with Gasteiger partial charge in [-0.1, -0.05) is 18.7 Å². The van der Waals surface area contributed by atoms with E-state index in [1.54, 1.807) is 13.0 Å². The molecular weight excluding hydrogens is 378 g/mol. The molecule has 1 aliphatic heterocycles. The quantitative estimate of drug-likeness (QED) is 0.401. The van der Waals surface area contributed by atoms with Crippen LogP contribution in [0.25, 0.3) is 0 Å². The molecule has 2 aliphatic rings. The Morgan fingerprint density at radius 2 is 1.90 bits per heavy atom. The number of nitrogens with one attached hydrogen (secondary N) is 1. The SMILES string of the molecule is C=CCN(CCO)C(=C)C1=C(NC(=O)C[N+]2(CC(C)=O)CCCCCC2)C(C)=CC1. The van der Waals surface area contributed by atoms with Gasteiger partial charge >= 0.3 is 0 Å². The van der Waals surface area contributed by atoms with E-state index in [2.05, 4.69) is 24.6 Å². The molecule has 1 aliphatic carbocycles. The molecule has 6 nitrogen and oxygen atoms in total. The molecule has 0 aromatic heterocycles. The highest BCUT2D eigenvalue weighted by molar-refractivity contribution is 5.81. The Kier molecular flexibility index (Phi) is 9.06. The third kappa shape index (κ3) is 6.41. The molecule has 0 bridgehead atoms. The first-order chi connectivity index (χ1) is 14.3. The number of likely N-dealkylation sites (tertiary alicyclic amines) is 1. The Morgan fingerprint density at radius 1 is 1.23 bits per heavy atom. The lowest BCUT2D eigenvalue weighted by atomic mass is 10.1. The maximum Gasteiger partial charge on any atom is 0.279 e. The minimum absolute atomic E-state index is 0.0271. The highest BCUT2D eigenvalue weighted by Crippen LogP contribution is 2.30. The number of rotatable bonds is 11. The molecule has 1 saturated heterocycles. The van der Waals surface area contributed by atoms with Crippen molar-refractivity contribution in [1.82, 2.24) is 10.2 Å². The number of allylic oxidation sites excluding steroid dienone is 3. The van der Waals surface area contributed by atoms with E-state index in [1.165, 1.54) is 12.8 Å². The molecule has 1 fully saturated rings. The molecule has 1 heterocycles. The van der Waals surface area contributed by atoms with Crippen molar-refractivity contribution < 1.29 is 19.2 Å². The van der Waals surface area contributed by atoms with Gasteiger partial charge < -0.3 is 19.8 Å². The Bertz CT molecular complexity index is 728. The topological polar surface area (TPSA) is 69.6 Å². The van der Waals surface area contributed by atoms with Crippen molar-refractivity contribution >= 4 is 11.7 Å². The van der Waals surface area contributed by atoms with E-state index in [0.717, 1.165) is 48.5 Å². The monoisotopic (exact) mass is 416 g/mol. The zero-order valence-electron chi connectivity index (χ0n) is 18.7. The van der Waals surface area contributed by atoms with Crippen LogP contribution >= 0.6 is 0 Å². The van der Waals surface area contributed by atoms with Gasteiger partial charge in [-0.05, 0) is 44.6 Å². The van der Waals surface area contributed by atoms with Gasteiger partial charge in [-0.25, -0.2) is 0 Å². The van der Waals surface area contributed by atoms with Gasteiger partial charge in [-0.2, -0.15) is 0 Å². The fourth-order valence-electron chi connectivity index (χ4n) is 4.63. The third-order valence-corrected chi connectivity index (χ3v) is 6.07. The molecule has 0 aromatic carbocycles. The van der Waals surface area contributed by atoms with Crippen molar-refractivity contribution in [3.63, 3.8) is 0 Å². The molecule has 2 N–H and O–H groups in total. The molecule has 0 atom stereocenters. The minimum Gasteiger partial charge on any atom is -0.395 e. The van der Waals surface area contributed by atoms with Gasteiger partial charge in [0.05, 0.1) is 19.7 Å². The number of hydrogen-bond acceptors (Lipinski definition) is 4. The summed E-state index contributed by atoms with van der Waals surface area (Å²) in [6, 6.07) is 0. The maximum atomic E-state index is 13.1. The van der Waals surface area contributed by atoms with E-state index in [4.69, 9.17) is 0 Å². The fourth-order valence-corrected chi connectivity index (χ4v) is 4.63. The van der Waals surface area contributed by atoms with Gasteiger partial charge in [0.25, 0.3) is 5.91 Å². The standard InChI is InChI=1S/C24H37N3O3/c1-5-12-26(13-16-28)21(4)22-11-10-19(2)24(22)25-23(30)18-27(17-20(3)29)14-8-6-7-9-15-27/h5,10,28H,1,4,6-9,11-18H2,2-3H3/p+1. The maximum absolute atomic E-state index is 13.1. The summed E-state index contributed by atoms with van der Waals surface area (Å²) in [5.74, 6) is 0.0875. The van der Waals surface area contributed by atoms with E-state index < -0.39 is 0 Å². The van der Waals surface area contributed by atoms with Crippen LogP contribution in [-0.2, 0) is 9.59 Å². The van der Waals surface area contributed by atoms with E-state index in [-0.39, 0.29) is 18.3 Å². The lowest BCUT2D eigenvalue weighted by molar-refractivity contribution is -0.912. The van der Waals surface area contributed by atoms with Gasteiger partial charge in [0.2, 0.25) is 0 Å². The van der Waals surface area contributed by atoms with Gasteiger partial charge in [0, 0.05) is 37.0 Å². The molecule has 0 radical (unpaired) electrons. The normalized spacial score (nSPS) is 18.4. The second kappa shape index (κ2) is 11.3. The molecule has 30 heavy (non-hydrogen) atoms. The van der Waals surface area contributed by atoms with E-state index in [1.807, 2.05) is 11.8 Å². The number of aliphatic hydroxyl groups is 1. The summed E-state index contributed by atoms with van der Waals surface area (Å²) in [4.78, 5) is 27.0. The summed E-state index contributed by atoms with van der Waals surface area (Å²) in [5, 5.41) is 12.5. The lowest BCUT2D eigenvalue weighted by Crippen LogP contribution is -2.56. The van der Waals surface area contributed by atoms with Crippen LogP contribution in [0.1, 0.15) is 46.0 Å². The zero-order valence-corrected chi connectivity index (χ0v) is 18.7. The minimum atomic E-state index is -0.0504. The summed E-state index contributed by atoms with van der Waals surface area (Å²) in [5.41, 5.74) is 3.61. The first-order valence-electron chi connectivity index (χ1n) is 11.0. The molecule has 0 unspecified atom stereocenters. The van der Waals surface area contributed by atoms with Crippen LogP contribution in [0, 0.1) is 0 Å². The van der Waals surface area contributed by atoms with Crippen LogP contribution in [-0.4, -0.2) is 72.1 Å². The van der Waals surface area contributed by atoms with Crippen molar-refractivity contribution in [1.29, 1.82) is 0 Å². The average molecular weight is 417 g/mol. The van der Waals surface area contributed by atoms with Crippen LogP contribution in [0.4, 0.5) is 0 Å². The van der Waals surface area contributed by atoms with Gasteiger partial charge in [-0.3, -0.25) is 9.59 Å². The highest BCUT2D eigenvalue weighted by atomic mass is 16.3. The fraction of sp³-hybridized carbons (Fsp3) is 0.583. The second-order valence-electron chi connectivity index (χ2n) is 8.62. The van der Waals surface area contributed by atoms with Crippen LogP contribution in [0.5, 0.6) is 0 Å². The summed E-state index contributed by atoms with van der Waals surface area (Å²) >= 11 is 0. The van der Waals surface area contributed by atoms with E-state index >= 15 is 0 Å². The molecule has 6 heteroatoms. The summed E-state index contributed by atoms with van der Waals surface area (Å²) in [6.45, 7) is 15.2. The molecule has 2 rings (SSSR count). The predicted octanol–water partition coefficient (Wildman–Crippen LogP) is 2.68. The summed E-state index contributed by atoms with van der Waals surface area (Å²) < 4.78 is 0.556. The zero-order chi connectivity index (χ0) is 22.1. The second-order valence-corrected chi connectivity index (χ2v) is 8.62. The van der Waals surface area contributed by atoms with Crippen LogP contribution < -0.4 is 5.32 Å². The lowest BCUT2D eigenvalue weighted by Gasteiger charge is -2.36. The molecule has 1 amide bonds. The van der Waals surface area contributed by atoms with Crippen molar-refractivity contribution in [3.8, 4) is 0 Å². The molecule has 0 spiro atoms. The van der Waals surface area contributed by atoms with Crippen LogP contribution in [0.2, 0.25) is 0 Å². The highest BCUT2D eigenvalue weighted by Gasteiger charge is 2.33. The number of nitrogens with zero attached hydrogens (tertiary/aromatic N) is 2. The van der Waals surface area contributed by atoms with Crippen molar-refractivity contribution in [3.05, 3.63) is 47.9 Å². The number of ketones is 1. The van der Waals surface area contributed by atoms with E-state index in [9.17, 15) is 14.7 Å². The average Bonchev–Trinajstić information content (AvgIpc) is 2.88. The molecule has 0 aromatic rings. The Morgan fingerprint density at radius 3 is 2.47 bits per heavy atom. The number of carbonyl (C=O) groups excluding carboxylic acids is 2. The van der Waals surface area contributed by atoms with Crippen LogP contribution in [0.15, 0.2) is 47.9 Å². The number of amides is 1. The molecule has 166 valence electrons. The third-order valence-electron chi connectivity index (χ3n) is 6.07. The Labute approximate surface area is 181 Å². The van der Waals surface area contributed by atoms with E-state index in [0.29, 0.717) is 37.1 Å². The van der Waals surface area contributed by atoms with Crippen LogP contribution in [0.3, 0.4) is 0 Å². The van der Waals surface area contributed by atoms with Gasteiger partial charge in [0.1, 0.15) is 6.54 Å². The van der Waals surface area contributed by atoms with Crippen molar-refractivity contribution in [2.45, 2.75) is 46.0 Å². The summed E-state index contributed by atoms with van der Waals surface area (Å²) in [7, 11) is 0. The number of carbonyl (C=O) groups is 2. The Balaban J connectivity index is 2.19. The smallest absolute Gasteiger partial charge is 0.279 e. The molecular formula is C24H38N3O3+. The molecule has 0 saturated carbocycles. The van der Waals surface area contributed by atoms with Gasteiger partial charge in [0.15, 0.2) is 12.3 Å². The predicted molar refractivity (Wildman–Crippen MR) is 120 cm³/mol. The number of aliphatic hydroxyl groups excluding tert-OH is 1. The Hall–Kier alpha value is -2.18. The first-order valence-corrected chi connectivity index (χ1v) is 11.0. The first kappa shape index (κ1) is 24.1. The number of Topliss-reactive ketones (excluding diaryl/α,β-unsaturated/α-hetero) is 1. The summed E-state index contributed by atoms with van der Waals surface area (Å²) in [6.07, 6.45) is 9.02. The largest absolute Gasteiger partial charge is 0.395 e. The van der Waals surface area contributed by atoms with Crippen molar-refractivity contribution in [2.24, 2.45) is 0 Å². The van der Waals surface area contributed by atoms with Crippen molar-refractivity contribution in [2.75, 3.05) is 45.9 Å².